The third-order valence-corrected chi connectivity index (χ3v) is 4.01. The Morgan fingerprint density at radius 2 is 1.96 bits per heavy atom. The average Bonchev–Trinajstić information content (AvgIpc) is 2.91. The number of imide groups is 1. The molecule has 2 N–H and O–H groups in total. The van der Waals surface area contributed by atoms with Gasteiger partial charge in [0, 0.05) is 5.54 Å². The van der Waals surface area contributed by atoms with Crippen molar-refractivity contribution in [3.8, 4) is 5.69 Å². The van der Waals surface area contributed by atoms with Crippen LogP contribution in [-0.4, -0.2) is 43.4 Å². The first-order valence-corrected chi connectivity index (χ1v) is 8.75. The molecule has 2 aromatic rings. The summed E-state index contributed by atoms with van der Waals surface area (Å²) in [5.41, 5.74) is 2.62. The highest BCUT2D eigenvalue weighted by atomic mass is 32.2. The fourth-order valence-corrected chi connectivity index (χ4v) is 2.81. The van der Waals surface area contributed by atoms with E-state index in [1.54, 1.807) is 4.68 Å². The van der Waals surface area contributed by atoms with Gasteiger partial charge in [0.05, 0.1) is 11.4 Å². The normalized spacial score (nSPS) is 11.2. The van der Waals surface area contributed by atoms with Crippen molar-refractivity contribution in [1.82, 2.24) is 30.8 Å². The molecule has 0 fully saturated rings. The Balaban J connectivity index is 2.00. The summed E-state index contributed by atoms with van der Waals surface area (Å²) in [4.78, 5) is 23.6. The van der Waals surface area contributed by atoms with Crippen LogP contribution in [0.2, 0.25) is 0 Å². The zero-order chi connectivity index (χ0) is 18.6. The van der Waals surface area contributed by atoms with Gasteiger partial charge in [-0.1, -0.05) is 29.5 Å². The lowest BCUT2D eigenvalue weighted by Crippen LogP contribution is -2.48. The van der Waals surface area contributed by atoms with Crippen LogP contribution < -0.4 is 10.6 Å². The van der Waals surface area contributed by atoms with Crippen molar-refractivity contribution in [2.24, 2.45) is 0 Å². The summed E-state index contributed by atoms with van der Waals surface area (Å²) in [7, 11) is 0. The maximum Gasteiger partial charge on any atom is 0.321 e. The lowest BCUT2D eigenvalue weighted by molar-refractivity contribution is -0.117. The van der Waals surface area contributed by atoms with Crippen LogP contribution in [0.4, 0.5) is 4.79 Å². The highest BCUT2D eigenvalue weighted by molar-refractivity contribution is 7.99. The number of nitrogens with zero attached hydrogens (tertiary/aromatic N) is 4. The molecule has 0 saturated heterocycles. The zero-order valence-electron chi connectivity index (χ0n) is 15.0. The molecule has 0 bridgehead atoms. The average molecular weight is 362 g/mol. The summed E-state index contributed by atoms with van der Waals surface area (Å²) < 4.78 is 1.59. The lowest BCUT2D eigenvalue weighted by atomic mass is 10.1. The highest BCUT2D eigenvalue weighted by Crippen LogP contribution is 2.21. The van der Waals surface area contributed by atoms with E-state index in [0.29, 0.717) is 5.16 Å². The molecule has 1 aromatic carbocycles. The number of nitrogens with one attached hydrogen (secondary N) is 2. The number of amides is 3. The molecule has 0 aliphatic carbocycles. The van der Waals surface area contributed by atoms with Gasteiger partial charge in [-0.05, 0) is 56.7 Å². The minimum absolute atomic E-state index is 0.0306. The Bertz CT molecular complexity index is 781. The molecule has 0 aliphatic rings. The van der Waals surface area contributed by atoms with Crippen LogP contribution in [-0.2, 0) is 4.79 Å². The first kappa shape index (κ1) is 18.9. The minimum Gasteiger partial charge on any atom is -0.333 e. The summed E-state index contributed by atoms with van der Waals surface area (Å²) in [5, 5.41) is 17.1. The maximum absolute atomic E-state index is 11.9. The van der Waals surface area contributed by atoms with Crippen molar-refractivity contribution in [1.29, 1.82) is 0 Å². The van der Waals surface area contributed by atoms with Crippen LogP contribution in [0.1, 0.15) is 31.9 Å². The monoisotopic (exact) mass is 362 g/mol. The molecule has 3 amide bonds. The van der Waals surface area contributed by atoms with E-state index in [1.807, 2.05) is 52.8 Å². The van der Waals surface area contributed by atoms with E-state index in [-0.39, 0.29) is 5.75 Å². The van der Waals surface area contributed by atoms with Gasteiger partial charge in [0.1, 0.15) is 0 Å². The second kappa shape index (κ2) is 7.64. The van der Waals surface area contributed by atoms with E-state index in [2.05, 4.69) is 26.2 Å². The Labute approximate surface area is 150 Å². The van der Waals surface area contributed by atoms with Gasteiger partial charge in [0.25, 0.3) is 0 Å². The maximum atomic E-state index is 11.9. The van der Waals surface area contributed by atoms with Crippen LogP contribution in [0.3, 0.4) is 0 Å². The predicted molar refractivity (Wildman–Crippen MR) is 95.8 cm³/mol. The number of aryl methyl sites for hydroxylation is 2. The number of hydrogen-bond donors (Lipinski definition) is 2. The van der Waals surface area contributed by atoms with Crippen LogP contribution in [0, 0.1) is 13.8 Å². The predicted octanol–water partition coefficient (Wildman–Crippen LogP) is 2.00. The van der Waals surface area contributed by atoms with Gasteiger partial charge < -0.3 is 5.32 Å². The molecular formula is C16H22N6O2S. The van der Waals surface area contributed by atoms with Gasteiger partial charge in [0.2, 0.25) is 11.1 Å². The highest BCUT2D eigenvalue weighted by Gasteiger charge is 2.17. The standard InChI is InChI=1S/C16H22N6O2S/c1-10-6-7-12(11(2)8-10)22-15(19-20-21-22)25-9-13(23)17-14(24)18-16(3,4)5/h6-8H,9H2,1-5H3,(H2,17,18,23,24). The fourth-order valence-electron chi connectivity index (χ4n) is 2.13. The second-order valence-electron chi connectivity index (χ2n) is 6.70. The van der Waals surface area contributed by atoms with E-state index in [0.717, 1.165) is 28.6 Å². The number of carbonyl (C=O) groups is 2. The fraction of sp³-hybridized carbons (Fsp3) is 0.438. The molecule has 8 nitrogen and oxygen atoms in total. The number of rotatable bonds is 4. The quantitative estimate of drug-likeness (QED) is 0.807. The van der Waals surface area contributed by atoms with Gasteiger partial charge in [-0.2, -0.15) is 4.68 Å². The van der Waals surface area contributed by atoms with E-state index in [1.165, 1.54) is 0 Å². The Morgan fingerprint density at radius 1 is 1.24 bits per heavy atom. The van der Waals surface area contributed by atoms with Crippen molar-refractivity contribution in [3.63, 3.8) is 0 Å². The molecule has 0 radical (unpaired) electrons. The summed E-state index contributed by atoms with van der Waals surface area (Å²) >= 11 is 1.16. The van der Waals surface area contributed by atoms with Crippen molar-refractivity contribution < 1.29 is 9.59 Å². The molecule has 1 aromatic heterocycles. The molecular weight excluding hydrogens is 340 g/mol. The minimum atomic E-state index is -0.521. The topological polar surface area (TPSA) is 102 Å². The first-order valence-electron chi connectivity index (χ1n) is 7.76. The number of thioether (sulfide) groups is 1. The molecule has 0 saturated carbocycles. The van der Waals surface area contributed by atoms with Gasteiger partial charge in [-0.25, -0.2) is 4.79 Å². The third-order valence-electron chi connectivity index (χ3n) is 3.10. The molecule has 0 unspecified atom stereocenters. The summed E-state index contributed by atoms with van der Waals surface area (Å²) in [6, 6.07) is 5.42. The molecule has 0 atom stereocenters. The summed E-state index contributed by atoms with van der Waals surface area (Å²) in [6.45, 7) is 9.50. The number of aromatic nitrogens is 4. The molecule has 1 heterocycles. The van der Waals surface area contributed by atoms with Crippen molar-refractivity contribution in [2.75, 3.05) is 5.75 Å². The van der Waals surface area contributed by atoms with Gasteiger partial charge in [0.15, 0.2) is 0 Å². The Hall–Kier alpha value is -2.42. The molecule has 25 heavy (non-hydrogen) atoms. The Morgan fingerprint density at radius 3 is 2.60 bits per heavy atom. The van der Waals surface area contributed by atoms with Crippen LogP contribution in [0.25, 0.3) is 5.69 Å². The van der Waals surface area contributed by atoms with E-state index in [9.17, 15) is 9.59 Å². The first-order chi connectivity index (χ1) is 11.7. The van der Waals surface area contributed by atoms with E-state index < -0.39 is 17.5 Å². The number of carbonyl (C=O) groups excluding carboxylic acids is 2. The number of hydrogen-bond acceptors (Lipinski definition) is 6. The van der Waals surface area contributed by atoms with Crippen molar-refractivity contribution in [3.05, 3.63) is 29.3 Å². The van der Waals surface area contributed by atoms with Crippen LogP contribution in [0.5, 0.6) is 0 Å². The largest absolute Gasteiger partial charge is 0.333 e. The number of benzene rings is 1. The van der Waals surface area contributed by atoms with Gasteiger partial charge >= 0.3 is 6.03 Å². The van der Waals surface area contributed by atoms with Crippen molar-refractivity contribution in [2.45, 2.75) is 45.3 Å². The molecule has 0 spiro atoms. The SMILES string of the molecule is Cc1ccc(-n2nnnc2SCC(=O)NC(=O)NC(C)(C)C)c(C)c1. The molecule has 0 aliphatic heterocycles. The smallest absolute Gasteiger partial charge is 0.321 e. The van der Waals surface area contributed by atoms with Crippen LogP contribution in [0.15, 0.2) is 23.4 Å². The Kier molecular flexibility index (Phi) is 5.78. The summed E-state index contributed by atoms with van der Waals surface area (Å²) in [5.74, 6) is -0.384. The lowest BCUT2D eigenvalue weighted by Gasteiger charge is -2.20. The van der Waals surface area contributed by atoms with Crippen LogP contribution >= 0.6 is 11.8 Å². The molecule has 9 heteroatoms. The summed E-state index contributed by atoms with van der Waals surface area (Å²) in [6.07, 6.45) is 0. The number of tetrazole rings is 1. The van der Waals surface area contributed by atoms with Gasteiger partial charge in [-0.3, -0.25) is 10.1 Å². The number of urea groups is 1. The molecule has 134 valence electrons. The van der Waals surface area contributed by atoms with E-state index >= 15 is 0 Å². The second-order valence-corrected chi connectivity index (χ2v) is 7.65. The van der Waals surface area contributed by atoms with Gasteiger partial charge in [-0.15, -0.1) is 5.10 Å². The van der Waals surface area contributed by atoms with E-state index in [4.69, 9.17) is 0 Å². The molecule has 2 rings (SSSR count). The third kappa shape index (κ3) is 5.56. The zero-order valence-corrected chi connectivity index (χ0v) is 15.8. The van der Waals surface area contributed by atoms with Crippen molar-refractivity contribution >= 4 is 23.7 Å².